The lowest BCUT2D eigenvalue weighted by atomic mass is 10.0. The van der Waals surface area contributed by atoms with Crippen LogP contribution in [-0.2, 0) is 35.6 Å². The van der Waals surface area contributed by atoms with E-state index in [0.29, 0.717) is 22.6 Å². The smallest absolute Gasteiger partial charge is 0.328 e. The van der Waals surface area contributed by atoms with Gasteiger partial charge in [0.05, 0.1) is 23.5 Å². The molecule has 0 aliphatic carbocycles. The largest absolute Gasteiger partial charge is 0.490 e. The summed E-state index contributed by atoms with van der Waals surface area (Å²) in [5.74, 6) is -1.91. The van der Waals surface area contributed by atoms with Gasteiger partial charge in [-0.2, -0.15) is 0 Å². The molecular weight excluding hydrogens is 596 g/mol. The van der Waals surface area contributed by atoms with Crippen LogP contribution < -0.4 is 20.1 Å². The molecule has 234 valence electrons. The van der Waals surface area contributed by atoms with Crippen LogP contribution in [0.1, 0.15) is 36.7 Å². The number of nitrogens with zero attached hydrogens (tertiary/aromatic N) is 3. The first-order chi connectivity index (χ1) is 20.8. The minimum Gasteiger partial charge on any atom is -0.490 e. The summed E-state index contributed by atoms with van der Waals surface area (Å²) in [5.41, 5.74) is 1.58. The molecule has 0 saturated carbocycles. The van der Waals surface area contributed by atoms with E-state index in [2.05, 4.69) is 25.3 Å². The molecule has 0 unspecified atom stereocenters. The molecule has 15 nitrogen and oxygen atoms in total. The van der Waals surface area contributed by atoms with Gasteiger partial charge in [-0.05, 0) is 62.7 Å². The third-order valence-corrected chi connectivity index (χ3v) is 7.37. The summed E-state index contributed by atoms with van der Waals surface area (Å²) in [4.78, 5) is 56.4. The lowest BCUT2D eigenvalue weighted by molar-refractivity contribution is -0.385. The quantitative estimate of drug-likeness (QED) is 0.134. The van der Waals surface area contributed by atoms with E-state index in [1.165, 1.54) is 49.6 Å². The Bertz CT molecular complexity index is 1630. The fraction of sp³-hybridized carbons (Fsp3) is 0.321. The second-order valence-electron chi connectivity index (χ2n) is 9.49. The number of nitro benzene ring substituents is 1. The first-order valence-electron chi connectivity index (χ1n) is 13.3. The van der Waals surface area contributed by atoms with E-state index < -0.39 is 38.8 Å². The molecule has 3 aromatic rings. The number of nitrogens with one attached hydrogen (secondary N) is 3. The van der Waals surface area contributed by atoms with Crippen molar-refractivity contribution in [2.24, 2.45) is 0 Å². The second kappa shape index (κ2) is 14.9. The monoisotopic (exact) mass is 628 g/mol. The highest BCUT2D eigenvalue weighted by Crippen LogP contribution is 2.28. The van der Waals surface area contributed by atoms with Gasteiger partial charge in [0.2, 0.25) is 17.8 Å². The number of carbonyl (C=O) groups excluding carboxylic acids is 3. The summed E-state index contributed by atoms with van der Waals surface area (Å²) in [6.45, 7) is 5.07. The molecule has 3 rings (SSSR count). The highest BCUT2D eigenvalue weighted by atomic mass is 32.2. The van der Waals surface area contributed by atoms with E-state index in [4.69, 9.17) is 9.47 Å². The molecule has 0 aliphatic rings. The molecule has 0 spiro atoms. The van der Waals surface area contributed by atoms with Crippen molar-refractivity contribution in [1.29, 1.82) is 0 Å². The van der Waals surface area contributed by atoms with Gasteiger partial charge < -0.3 is 20.1 Å². The summed E-state index contributed by atoms with van der Waals surface area (Å²) in [6, 6.07) is 10.1. The van der Waals surface area contributed by atoms with Crippen LogP contribution in [0.3, 0.4) is 0 Å². The maximum atomic E-state index is 12.7. The summed E-state index contributed by atoms with van der Waals surface area (Å²) in [6.07, 6.45) is -0.626. The van der Waals surface area contributed by atoms with E-state index in [-0.39, 0.29) is 48.2 Å². The molecule has 0 fully saturated rings. The average molecular weight is 629 g/mol. The van der Waals surface area contributed by atoms with E-state index in [1.807, 2.05) is 0 Å². The standard InChI is InChI=1S/C28H32N6O9S/c1-5-43-27(37)22(15-19-6-11-24(42-4)23(16-19)34(38)39)32-26(36)13-12-25(35)31-20-7-9-21(10-8-20)44(40,41)33-28-29-17(2)14-18(3)30-28/h6-11,14,16,22H,5,12-13,15H2,1-4H3,(H,31,35)(H,32,36)(H,29,30,33)/t22-/m0/s1. The van der Waals surface area contributed by atoms with Gasteiger partial charge in [-0.25, -0.2) is 27.9 Å². The van der Waals surface area contributed by atoms with Gasteiger partial charge in [0.15, 0.2) is 5.75 Å². The third-order valence-electron chi connectivity index (χ3n) is 6.02. The third kappa shape index (κ3) is 9.45. The Morgan fingerprint density at radius 1 is 0.977 bits per heavy atom. The van der Waals surface area contributed by atoms with E-state index in [9.17, 15) is 32.9 Å². The van der Waals surface area contributed by atoms with Crippen molar-refractivity contribution < 1.29 is 37.2 Å². The Balaban J connectivity index is 1.58. The zero-order valence-corrected chi connectivity index (χ0v) is 25.3. The summed E-state index contributed by atoms with van der Waals surface area (Å²) in [5, 5.41) is 16.5. The Hall–Kier alpha value is -5.12. The molecule has 16 heteroatoms. The second-order valence-corrected chi connectivity index (χ2v) is 11.2. The van der Waals surface area contributed by atoms with Crippen molar-refractivity contribution in [2.75, 3.05) is 23.8 Å². The fourth-order valence-electron chi connectivity index (χ4n) is 4.06. The number of methoxy groups -OCH3 is 1. The van der Waals surface area contributed by atoms with Crippen LogP contribution in [0.15, 0.2) is 53.4 Å². The number of carbonyl (C=O) groups is 3. The molecule has 1 atom stereocenters. The average Bonchev–Trinajstić information content (AvgIpc) is 2.95. The number of anilines is 2. The van der Waals surface area contributed by atoms with Crippen molar-refractivity contribution >= 4 is 45.1 Å². The van der Waals surface area contributed by atoms with Crippen LogP contribution in [0.2, 0.25) is 0 Å². The number of sulfonamides is 1. The topological polar surface area (TPSA) is 209 Å². The van der Waals surface area contributed by atoms with Gasteiger partial charge in [-0.1, -0.05) is 6.07 Å². The summed E-state index contributed by atoms with van der Waals surface area (Å²) >= 11 is 0. The van der Waals surface area contributed by atoms with E-state index in [0.717, 1.165) is 0 Å². The highest BCUT2D eigenvalue weighted by molar-refractivity contribution is 7.92. The fourth-order valence-corrected chi connectivity index (χ4v) is 5.01. The van der Waals surface area contributed by atoms with Crippen molar-refractivity contribution in [3.05, 3.63) is 75.6 Å². The molecule has 3 N–H and O–H groups in total. The molecule has 0 saturated heterocycles. The maximum absolute atomic E-state index is 12.7. The van der Waals surface area contributed by atoms with Crippen molar-refractivity contribution in [3.63, 3.8) is 0 Å². The van der Waals surface area contributed by atoms with E-state index in [1.54, 1.807) is 26.8 Å². The molecule has 2 amide bonds. The lowest BCUT2D eigenvalue weighted by Gasteiger charge is -2.17. The Labute approximate surface area is 253 Å². The van der Waals surface area contributed by atoms with Gasteiger partial charge in [0.25, 0.3) is 10.0 Å². The normalized spacial score (nSPS) is 11.6. The van der Waals surface area contributed by atoms with E-state index >= 15 is 0 Å². The van der Waals surface area contributed by atoms with Crippen LogP contribution in [0.4, 0.5) is 17.3 Å². The first-order valence-corrected chi connectivity index (χ1v) is 14.8. The molecule has 1 aromatic heterocycles. The van der Waals surface area contributed by atoms with Gasteiger partial charge in [-0.3, -0.25) is 19.7 Å². The maximum Gasteiger partial charge on any atom is 0.328 e. The van der Waals surface area contributed by atoms with Gasteiger partial charge in [0, 0.05) is 42.4 Å². The highest BCUT2D eigenvalue weighted by Gasteiger charge is 2.25. The molecule has 0 radical (unpaired) electrons. The van der Waals surface area contributed by atoms with Crippen LogP contribution in [0.25, 0.3) is 0 Å². The van der Waals surface area contributed by atoms with Crippen molar-refractivity contribution in [3.8, 4) is 5.75 Å². The minimum absolute atomic E-state index is 0.0429. The minimum atomic E-state index is -3.99. The molecule has 44 heavy (non-hydrogen) atoms. The number of hydrogen-bond donors (Lipinski definition) is 3. The molecule has 0 aliphatic heterocycles. The van der Waals surface area contributed by atoms with Gasteiger partial charge in [0.1, 0.15) is 6.04 Å². The predicted molar refractivity (Wildman–Crippen MR) is 159 cm³/mol. The Morgan fingerprint density at radius 3 is 2.20 bits per heavy atom. The van der Waals surface area contributed by atoms with Crippen LogP contribution in [-0.4, -0.2) is 60.9 Å². The number of benzene rings is 2. The van der Waals surface area contributed by atoms with Crippen LogP contribution in [0.5, 0.6) is 5.75 Å². The molecule has 2 aromatic carbocycles. The zero-order valence-electron chi connectivity index (χ0n) is 24.4. The zero-order chi connectivity index (χ0) is 32.4. The number of ether oxygens (including phenoxy) is 2. The number of esters is 1. The number of nitro groups is 1. The Morgan fingerprint density at radius 2 is 1.61 bits per heavy atom. The van der Waals surface area contributed by atoms with Crippen molar-refractivity contribution in [1.82, 2.24) is 15.3 Å². The van der Waals surface area contributed by atoms with Crippen LogP contribution >= 0.6 is 0 Å². The number of hydrogen-bond acceptors (Lipinski definition) is 11. The molecular formula is C28H32N6O9S. The molecule has 1 heterocycles. The lowest BCUT2D eigenvalue weighted by Crippen LogP contribution is -2.43. The van der Waals surface area contributed by atoms with Crippen LogP contribution in [0, 0.1) is 24.0 Å². The SMILES string of the molecule is CCOC(=O)[C@H](Cc1ccc(OC)c([N+](=O)[O-])c1)NC(=O)CCC(=O)Nc1ccc(S(=O)(=O)Nc2nc(C)cc(C)n2)cc1. The number of rotatable bonds is 14. The number of aromatic nitrogens is 2. The number of amides is 2. The molecule has 0 bridgehead atoms. The number of aryl methyl sites for hydroxylation is 2. The van der Waals surface area contributed by atoms with Gasteiger partial charge in [-0.15, -0.1) is 0 Å². The Kier molecular flexibility index (Phi) is 11.3. The summed E-state index contributed by atoms with van der Waals surface area (Å²) < 4.78 is 37.8. The van der Waals surface area contributed by atoms with Gasteiger partial charge >= 0.3 is 11.7 Å². The van der Waals surface area contributed by atoms with Crippen molar-refractivity contribution in [2.45, 2.75) is 51.0 Å². The predicted octanol–water partition coefficient (Wildman–Crippen LogP) is 2.82. The summed E-state index contributed by atoms with van der Waals surface area (Å²) in [7, 11) is -2.69. The first kappa shape index (κ1) is 33.4.